The Morgan fingerprint density at radius 3 is 2.43 bits per heavy atom. The number of rotatable bonds is 4. The molecule has 1 aromatic carbocycles. The minimum absolute atomic E-state index is 0. The summed E-state index contributed by atoms with van der Waals surface area (Å²) in [6.45, 7) is 6.38. The van der Waals surface area contributed by atoms with Crippen LogP contribution in [-0.2, 0) is 17.6 Å². The van der Waals surface area contributed by atoms with E-state index in [1.807, 2.05) is 7.05 Å². The third-order valence-corrected chi connectivity index (χ3v) is 7.31. The third kappa shape index (κ3) is 3.56. The van der Waals surface area contributed by atoms with Crippen molar-refractivity contribution < 1.29 is 4.74 Å². The summed E-state index contributed by atoms with van der Waals surface area (Å²) < 4.78 is 5.93. The Morgan fingerprint density at radius 1 is 1.21 bits per heavy atom. The molecule has 2 fully saturated rings. The van der Waals surface area contributed by atoms with E-state index in [0.29, 0.717) is 18.1 Å². The molecule has 0 radical (unpaired) electrons. The number of benzene rings is 1. The van der Waals surface area contributed by atoms with Crippen molar-refractivity contribution in [2.45, 2.75) is 50.8 Å². The fourth-order valence-corrected chi connectivity index (χ4v) is 5.48. The molecule has 1 aromatic rings. The number of fused-ring (bicyclic) bond motifs is 2. The van der Waals surface area contributed by atoms with Crippen molar-refractivity contribution >= 4 is 29.9 Å². The Balaban J connectivity index is 0.00000225. The summed E-state index contributed by atoms with van der Waals surface area (Å²) in [5, 5.41) is 7.35. The molecule has 1 saturated carbocycles. The number of aliphatic imine (C=N–C) groups is 1. The molecule has 0 spiro atoms. The lowest BCUT2D eigenvalue weighted by atomic mass is 9.57. The van der Waals surface area contributed by atoms with Crippen LogP contribution in [0.1, 0.15) is 31.4 Å². The Hall–Kier alpha value is -0.860. The molecule has 4 rings (SSSR count). The summed E-state index contributed by atoms with van der Waals surface area (Å²) in [5.74, 6) is 1.52. The molecule has 0 amide bonds. The maximum absolute atomic E-state index is 5.93. The lowest BCUT2D eigenvalue weighted by molar-refractivity contribution is -0.106. The van der Waals surface area contributed by atoms with Gasteiger partial charge in [0.25, 0.3) is 0 Å². The molecule has 156 valence electrons. The number of guanidine groups is 1. The topological polar surface area (TPSA) is 48.9 Å². The zero-order chi connectivity index (χ0) is 19.2. The monoisotopic (exact) mass is 498 g/mol. The highest BCUT2D eigenvalue weighted by Gasteiger charge is 2.59. The minimum Gasteiger partial charge on any atom is -0.377 e. The fraction of sp³-hybridized carbons (Fsp3) is 0.682. The summed E-state index contributed by atoms with van der Waals surface area (Å²) in [4.78, 5) is 6.90. The maximum Gasteiger partial charge on any atom is 0.191 e. The van der Waals surface area contributed by atoms with Crippen LogP contribution in [0.3, 0.4) is 0 Å². The van der Waals surface area contributed by atoms with Crippen LogP contribution in [0, 0.1) is 11.3 Å². The number of ether oxygens (including phenoxy) is 1. The SMILES string of the molecule is CN=C(NCC1(N(C)C)Cc2ccccc2C1)NC1C2CCOC2C1(C)C.I. The molecule has 3 atom stereocenters. The molecule has 28 heavy (non-hydrogen) atoms. The van der Waals surface area contributed by atoms with Crippen molar-refractivity contribution in [2.24, 2.45) is 16.3 Å². The highest BCUT2D eigenvalue weighted by Crippen LogP contribution is 2.52. The second-order valence-electron chi connectivity index (χ2n) is 9.35. The first-order valence-electron chi connectivity index (χ1n) is 10.2. The predicted octanol–water partition coefficient (Wildman–Crippen LogP) is 2.68. The number of nitrogens with one attached hydrogen (secondary N) is 2. The van der Waals surface area contributed by atoms with Crippen LogP contribution in [0.2, 0.25) is 0 Å². The van der Waals surface area contributed by atoms with Crippen LogP contribution >= 0.6 is 24.0 Å². The smallest absolute Gasteiger partial charge is 0.191 e. The third-order valence-electron chi connectivity index (χ3n) is 7.31. The average molecular weight is 498 g/mol. The van der Waals surface area contributed by atoms with Gasteiger partial charge < -0.3 is 20.3 Å². The Labute approximate surface area is 186 Å². The van der Waals surface area contributed by atoms with Crippen molar-refractivity contribution in [3.05, 3.63) is 35.4 Å². The number of hydrogen-bond donors (Lipinski definition) is 2. The van der Waals surface area contributed by atoms with Gasteiger partial charge in [0.15, 0.2) is 5.96 Å². The van der Waals surface area contributed by atoms with Crippen LogP contribution in [0.15, 0.2) is 29.3 Å². The molecule has 1 saturated heterocycles. The molecule has 0 aromatic heterocycles. The van der Waals surface area contributed by atoms with Gasteiger partial charge in [0.05, 0.1) is 6.10 Å². The standard InChI is InChI=1S/C22H34N4O.HI/c1-21(2)18(17-10-11-27-19(17)21)25-20(23-3)24-14-22(26(4)5)12-15-8-6-7-9-16(15)13-22;/h6-9,17-19H,10-14H2,1-5H3,(H2,23,24,25);1H. The van der Waals surface area contributed by atoms with Gasteiger partial charge in [0.2, 0.25) is 0 Å². The Bertz CT molecular complexity index is 708. The van der Waals surface area contributed by atoms with Gasteiger partial charge >= 0.3 is 0 Å². The minimum atomic E-state index is 0. The highest BCUT2D eigenvalue weighted by atomic mass is 127. The predicted molar refractivity (Wildman–Crippen MR) is 126 cm³/mol. The fourth-order valence-electron chi connectivity index (χ4n) is 5.48. The normalized spacial score (nSPS) is 29.5. The van der Waals surface area contributed by atoms with E-state index in [2.05, 4.69) is 72.7 Å². The van der Waals surface area contributed by atoms with Crippen LogP contribution in [0.4, 0.5) is 0 Å². The summed E-state index contributed by atoms with van der Waals surface area (Å²) >= 11 is 0. The highest BCUT2D eigenvalue weighted by molar-refractivity contribution is 14.0. The summed E-state index contributed by atoms with van der Waals surface area (Å²) in [6.07, 6.45) is 3.70. The van der Waals surface area contributed by atoms with Crippen LogP contribution in [-0.4, -0.2) is 62.8 Å². The molecular formula is C22H35IN4O. The van der Waals surface area contributed by atoms with E-state index < -0.39 is 0 Å². The van der Waals surface area contributed by atoms with Gasteiger partial charge in [-0.3, -0.25) is 4.99 Å². The van der Waals surface area contributed by atoms with E-state index >= 15 is 0 Å². The van der Waals surface area contributed by atoms with Crippen molar-refractivity contribution in [3.8, 4) is 0 Å². The zero-order valence-corrected chi connectivity index (χ0v) is 20.1. The second-order valence-corrected chi connectivity index (χ2v) is 9.35. The van der Waals surface area contributed by atoms with Gasteiger partial charge in [0, 0.05) is 43.1 Å². The quantitative estimate of drug-likeness (QED) is 0.381. The molecule has 6 heteroatoms. The molecule has 2 aliphatic carbocycles. The van der Waals surface area contributed by atoms with Crippen LogP contribution in [0.25, 0.3) is 0 Å². The number of nitrogens with zero attached hydrogens (tertiary/aromatic N) is 2. The van der Waals surface area contributed by atoms with Gasteiger partial charge in [-0.1, -0.05) is 38.1 Å². The molecule has 2 N–H and O–H groups in total. The van der Waals surface area contributed by atoms with Crippen molar-refractivity contribution in [3.63, 3.8) is 0 Å². The number of hydrogen-bond acceptors (Lipinski definition) is 3. The van der Waals surface area contributed by atoms with Crippen LogP contribution < -0.4 is 10.6 Å². The molecule has 1 heterocycles. The first-order chi connectivity index (χ1) is 12.9. The van der Waals surface area contributed by atoms with Gasteiger partial charge in [-0.25, -0.2) is 0 Å². The van der Waals surface area contributed by atoms with E-state index in [1.165, 1.54) is 11.1 Å². The molecule has 5 nitrogen and oxygen atoms in total. The van der Waals surface area contributed by atoms with Gasteiger partial charge in [0.1, 0.15) is 0 Å². The molecule has 1 aliphatic heterocycles. The van der Waals surface area contributed by atoms with Crippen molar-refractivity contribution in [2.75, 3.05) is 34.3 Å². The molecule has 0 bridgehead atoms. The van der Waals surface area contributed by atoms with E-state index in [9.17, 15) is 0 Å². The summed E-state index contributed by atoms with van der Waals surface area (Å²) in [7, 11) is 6.26. The molecule has 3 aliphatic rings. The van der Waals surface area contributed by atoms with Crippen molar-refractivity contribution in [1.82, 2.24) is 15.5 Å². The van der Waals surface area contributed by atoms with E-state index in [4.69, 9.17) is 4.74 Å². The first-order valence-corrected chi connectivity index (χ1v) is 10.2. The Kier molecular flexibility index (Phi) is 6.32. The van der Waals surface area contributed by atoms with Gasteiger partial charge in [-0.15, -0.1) is 24.0 Å². The number of likely N-dealkylation sites (N-methyl/N-ethyl adjacent to an activating group) is 1. The number of halogens is 1. The van der Waals surface area contributed by atoms with Gasteiger partial charge in [-0.2, -0.15) is 0 Å². The largest absolute Gasteiger partial charge is 0.377 e. The Morgan fingerprint density at radius 2 is 1.86 bits per heavy atom. The second kappa shape index (κ2) is 8.11. The first kappa shape index (κ1) is 21.8. The van der Waals surface area contributed by atoms with E-state index in [-0.39, 0.29) is 34.9 Å². The van der Waals surface area contributed by atoms with E-state index in [0.717, 1.165) is 38.4 Å². The van der Waals surface area contributed by atoms with E-state index in [1.54, 1.807) is 0 Å². The zero-order valence-electron chi connectivity index (χ0n) is 17.8. The molecular weight excluding hydrogens is 463 g/mol. The lowest BCUT2D eigenvalue weighted by Gasteiger charge is -2.55. The van der Waals surface area contributed by atoms with Crippen molar-refractivity contribution in [1.29, 1.82) is 0 Å². The van der Waals surface area contributed by atoms with Crippen LogP contribution in [0.5, 0.6) is 0 Å². The summed E-state index contributed by atoms with van der Waals surface area (Å²) in [6, 6.07) is 9.26. The average Bonchev–Trinajstić information content (AvgIpc) is 3.25. The maximum atomic E-state index is 5.93. The lowest BCUT2D eigenvalue weighted by Crippen LogP contribution is -2.68. The van der Waals surface area contributed by atoms with Gasteiger partial charge in [-0.05, 0) is 44.5 Å². The summed E-state index contributed by atoms with van der Waals surface area (Å²) in [5.41, 5.74) is 3.20. The molecule has 3 unspecified atom stereocenters.